The fraction of sp³-hybridized carbons (Fsp3) is 0.100. The maximum absolute atomic E-state index is 13.4. The highest BCUT2D eigenvalue weighted by Crippen LogP contribution is 2.34. The first-order chi connectivity index (χ1) is 11.2. The lowest BCUT2D eigenvalue weighted by molar-refractivity contribution is 0.507. The minimum absolute atomic E-state index is 0.508. The highest BCUT2D eigenvalue weighted by atomic mass is 31.1. The monoisotopic (exact) mass is 326 g/mol. The summed E-state index contributed by atoms with van der Waals surface area (Å²) in [4.78, 5) is 0. The van der Waals surface area contributed by atoms with Crippen LogP contribution in [0.3, 0.4) is 0 Å². The van der Waals surface area contributed by atoms with Gasteiger partial charge in [0.15, 0.2) is 11.6 Å². The third kappa shape index (κ3) is 4.03. The Morgan fingerprint density at radius 3 is 1.74 bits per heavy atom. The van der Waals surface area contributed by atoms with Gasteiger partial charge in [0.1, 0.15) is 0 Å². The highest BCUT2D eigenvalue weighted by Gasteiger charge is 2.13. The van der Waals surface area contributed by atoms with Gasteiger partial charge in [-0.2, -0.15) is 0 Å². The average Bonchev–Trinajstić information content (AvgIpc) is 2.60. The van der Waals surface area contributed by atoms with E-state index in [1.165, 1.54) is 22.7 Å². The van der Waals surface area contributed by atoms with Gasteiger partial charge in [0.25, 0.3) is 0 Å². The molecule has 116 valence electrons. The number of halogens is 2. The van der Waals surface area contributed by atoms with Crippen LogP contribution in [0.2, 0.25) is 0 Å². The molecule has 3 heteroatoms. The Kier molecular flexibility index (Phi) is 5.15. The Hall–Kier alpha value is -2.05. The van der Waals surface area contributed by atoms with Crippen molar-refractivity contribution in [3.05, 3.63) is 96.1 Å². The van der Waals surface area contributed by atoms with Gasteiger partial charge in [-0.05, 0) is 48.8 Å². The topological polar surface area (TPSA) is 0 Å². The van der Waals surface area contributed by atoms with Crippen molar-refractivity contribution in [3.8, 4) is 0 Å². The lowest BCUT2D eigenvalue weighted by Crippen LogP contribution is -2.14. The van der Waals surface area contributed by atoms with Crippen molar-refractivity contribution in [2.45, 2.75) is 6.42 Å². The molecule has 0 fully saturated rings. The molecule has 3 rings (SSSR count). The van der Waals surface area contributed by atoms with E-state index in [1.54, 1.807) is 6.07 Å². The Morgan fingerprint density at radius 1 is 0.652 bits per heavy atom. The molecule has 0 amide bonds. The van der Waals surface area contributed by atoms with Gasteiger partial charge >= 0.3 is 0 Å². The summed E-state index contributed by atoms with van der Waals surface area (Å²) in [6.45, 7) is 0. The molecule has 0 unspecified atom stereocenters. The lowest BCUT2D eigenvalue weighted by Gasteiger charge is -2.18. The zero-order chi connectivity index (χ0) is 16.1. The van der Waals surface area contributed by atoms with Crippen molar-refractivity contribution in [1.82, 2.24) is 0 Å². The Labute approximate surface area is 136 Å². The summed E-state index contributed by atoms with van der Waals surface area (Å²) in [5.74, 6) is -1.56. The molecule has 0 aromatic heterocycles. The molecule has 0 heterocycles. The van der Waals surface area contributed by atoms with Gasteiger partial charge in [0.05, 0.1) is 0 Å². The molecule has 3 aromatic rings. The average molecular weight is 326 g/mol. The van der Waals surface area contributed by atoms with Crippen LogP contribution in [-0.2, 0) is 6.42 Å². The van der Waals surface area contributed by atoms with E-state index in [-0.39, 0.29) is 0 Å². The van der Waals surface area contributed by atoms with Crippen molar-refractivity contribution in [3.63, 3.8) is 0 Å². The molecule has 0 atom stereocenters. The van der Waals surface area contributed by atoms with Gasteiger partial charge in [-0.25, -0.2) is 8.78 Å². The van der Waals surface area contributed by atoms with Gasteiger partial charge in [0.2, 0.25) is 0 Å². The minimum Gasteiger partial charge on any atom is -0.204 e. The fourth-order valence-corrected chi connectivity index (χ4v) is 4.92. The van der Waals surface area contributed by atoms with Crippen molar-refractivity contribution in [2.75, 3.05) is 6.16 Å². The fourth-order valence-electron chi connectivity index (χ4n) is 2.56. The number of benzene rings is 3. The normalized spacial score (nSPS) is 10.9. The van der Waals surface area contributed by atoms with Crippen molar-refractivity contribution in [1.29, 1.82) is 0 Å². The first-order valence-electron chi connectivity index (χ1n) is 7.55. The molecule has 0 N–H and O–H groups in total. The van der Waals surface area contributed by atoms with Gasteiger partial charge in [-0.3, -0.25) is 0 Å². The second kappa shape index (κ2) is 7.48. The number of hydrogen-bond acceptors (Lipinski definition) is 0. The number of rotatable bonds is 5. The van der Waals surface area contributed by atoms with Crippen LogP contribution in [0.4, 0.5) is 8.78 Å². The highest BCUT2D eigenvalue weighted by molar-refractivity contribution is 7.73. The number of aryl methyl sites for hydroxylation is 1. The minimum atomic E-state index is -0.790. The summed E-state index contributed by atoms with van der Waals surface area (Å²) >= 11 is 0. The van der Waals surface area contributed by atoms with Crippen LogP contribution in [0.1, 0.15) is 5.56 Å². The second-order valence-electron chi connectivity index (χ2n) is 5.32. The summed E-state index contributed by atoms with van der Waals surface area (Å²) in [6, 6.07) is 25.0. The predicted molar refractivity (Wildman–Crippen MR) is 94.0 cm³/mol. The SMILES string of the molecule is Fc1ccc(CCP(c2ccccc2)c2ccccc2)cc1F. The van der Waals surface area contributed by atoms with Gasteiger partial charge in [-0.1, -0.05) is 66.7 Å². The number of hydrogen-bond donors (Lipinski definition) is 0. The summed E-state index contributed by atoms with van der Waals surface area (Å²) < 4.78 is 26.4. The largest absolute Gasteiger partial charge is 0.204 e. The Morgan fingerprint density at radius 2 is 1.22 bits per heavy atom. The van der Waals surface area contributed by atoms with Crippen molar-refractivity contribution in [2.24, 2.45) is 0 Å². The summed E-state index contributed by atoms with van der Waals surface area (Å²) in [6.07, 6.45) is 1.64. The predicted octanol–water partition coefficient (Wildman–Crippen LogP) is 4.64. The molecule has 0 aliphatic carbocycles. The van der Waals surface area contributed by atoms with E-state index in [0.717, 1.165) is 18.1 Å². The lowest BCUT2D eigenvalue weighted by atomic mass is 10.2. The first kappa shape index (κ1) is 15.8. The Balaban J connectivity index is 1.83. The molecule has 0 aliphatic heterocycles. The van der Waals surface area contributed by atoms with Crippen LogP contribution < -0.4 is 10.6 Å². The summed E-state index contributed by atoms with van der Waals surface area (Å²) in [7, 11) is -0.508. The standard InChI is InChI=1S/C20H17F2P/c21-19-12-11-16(15-20(19)22)13-14-23(17-7-3-1-4-8-17)18-9-5-2-6-10-18/h1-12,15H,13-14H2. The molecular formula is C20H17F2P. The summed E-state index contributed by atoms with van der Waals surface area (Å²) in [5, 5.41) is 2.60. The van der Waals surface area contributed by atoms with Crippen LogP contribution in [0.5, 0.6) is 0 Å². The van der Waals surface area contributed by atoms with E-state index in [4.69, 9.17) is 0 Å². The van der Waals surface area contributed by atoms with E-state index in [1.807, 2.05) is 36.4 Å². The zero-order valence-corrected chi connectivity index (χ0v) is 13.5. The molecule has 0 saturated heterocycles. The Bertz CT molecular complexity index is 718. The van der Waals surface area contributed by atoms with Crippen LogP contribution in [0.15, 0.2) is 78.9 Å². The van der Waals surface area contributed by atoms with Crippen molar-refractivity contribution >= 4 is 18.5 Å². The van der Waals surface area contributed by atoms with Crippen LogP contribution in [0, 0.1) is 11.6 Å². The van der Waals surface area contributed by atoms with E-state index in [9.17, 15) is 8.78 Å². The third-order valence-electron chi connectivity index (χ3n) is 3.74. The molecule has 0 bridgehead atoms. The molecule has 0 aliphatic rings. The molecule has 23 heavy (non-hydrogen) atoms. The smallest absolute Gasteiger partial charge is 0.159 e. The van der Waals surface area contributed by atoms with E-state index < -0.39 is 19.6 Å². The maximum atomic E-state index is 13.4. The third-order valence-corrected chi connectivity index (χ3v) is 6.26. The van der Waals surface area contributed by atoms with E-state index in [0.29, 0.717) is 0 Å². The van der Waals surface area contributed by atoms with E-state index in [2.05, 4.69) is 24.3 Å². The molecular weight excluding hydrogens is 309 g/mol. The zero-order valence-electron chi connectivity index (χ0n) is 12.6. The van der Waals surface area contributed by atoms with Crippen LogP contribution in [0.25, 0.3) is 0 Å². The van der Waals surface area contributed by atoms with Crippen LogP contribution in [-0.4, -0.2) is 6.16 Å². The molecule has 0 radical (unpaired) electrons. The van der Waals surface area contributed by atoms with E-state index >= 15 is 0 Å². The van der Waals surface area contributed by atoms with Gasteiger partial charge < -0.3 is 0 Å². The van der Waals surface area contributed by atoms with Gasteiger partial charge in [0, 0.05) is 0 Å². The quantitative estimate of drug-likeness (QED) is 0.599. The molecule has 3 aromatic carbocycles. The molecule has 0 spiro atoms. The van der Waals surface area contributed by atoms with Gasteiger partial charge in [-0.15, -0.1) is 0 Å². The first-order valence-corrected chi connectivity index (χ1v) is 9.08. The summed E-state index contributed by atoms with van der Waals surface area (Å²) in [5.41, 5.74) is 0.836. The molecule has 0 nitrogen and oxygen atoms in total. The second-order valence-corrected chi connectivity index (χ2v) is 7.66. The van der Waals surface area contributed by atoms with Crippen molar-refractivity contribution < 1.29 is 8.78 Å². The molecule has 0 saturated carbocycles. The maximum Gasteiger partial charge on any atom is 0.159 e. The van der Waals surface area contributed by atoms with Crippen LogP contribution >= 0.6 is 7.92 Å².